The van der Waals surface area contributed by atoms with E-state index in [1.165, 1.54) is 10.9 Å². The third kappa shape index (κ3) is 2.49. The molecule has 0 saturated heterocycles. The van der Waals surface area contributed by atoms with Gasteiger partial charge in [-0.2, -0.15) is 0 Å². The topological polar surface area (TPSA) is 60.2 Å². The van der Waals surface area contributed by atoms with Gasteiger partial charge in [0.25, 0.3) is 0 Å². The summed E-state index contributed by atoms with van der Waals surface area (Å²) in [4.78, 5) is 1.37. The third-order valence-electron chi connectivity index (χ3n) is 2.74. The fourth-order valence-electron chi connectivity index (χ4n) is 1.82. The van der Waals surface area contributed by atoms with Crippen LogP contribution in [0.1, 0.15) is 0 Å². The number of terminal acetylenes is 1. The summed E-state index contributed by atoms with van der Waals surface area (Å²) in [6, 6.07) is 12.2. The second kappa shape index (κ2) is 5.28. The normalized spacial score (nSPS) is 9.67. The van der Waals surface area contributed by atoms with Crippen molar-refractivity contribution in [1.29, 1.82) is 0 Å². The molecule has 3 aromatic rings. The van der Waals surface area contributed by atoms with Crippen LogP contribution in [0.3, 0.4) is 0 Å². The molecule has 3 rings (SSSR count). The molecule has 0 spiro atoms. The van der Waals surface area contributed by atoms with Crippen molar-refractivity contribution in [2.75, 3.05) is 0 Å². The van der Waals surface area contributed by atoms with Crippen molar-refractivity contribution in [2.45, 2.75) is 0 Å². The molecule has 0 atom stereocenters. The van der Waals surface area contributed by atoms with E-state index in [2.05, 4.69) is 28.1 Å². The van der Waals surface area contributed by atoms with Crippen LogP contribution in [0.15, 0.2) is 42.5 Å². The lowest BCUT2D eigenvalue weighted by Gasteiger charge is -2.04. The highest BCUT2D eigenvalue weighted by atomic mass is 16.5. The molecule has 1 heterocycles. The van der Waals surface area contributed by atoms with Crippen LogP contribution in [0.25, 0.3) is 16.7 Å². The first kappa shape index (κ1) is 12.6. The number of aromatic nitrogens is 3. The minimum atomic E-state index is -0.0182. The van der Waals surface area contributed by atoms with Gasteiger partial charge in [-0.25, -0.2) is 0 Å². The van der Waals surface area contributed by atoms with Gasteiger partial charge in [-0.1, -0.05) is 12.1 Å². The smallest absolute Gasteiger partial charge is 0.146 e. The maximum atomic E-state index is 10.1. The highest BCUT2D eigenvalue weighted by molar-refractivity contribution is 5.73. The molecule has 5 nitrogen and oxygen atoms in total. The molecule has 1 aromatic heterocycles. The van der Waals surface area contributed by atoms with Crippen molar-refractivity contribution < 1.29 is 9.84 Å². The van der Waals surface area contributed by atoms with Gasteiger partial charge in [0.05, 0.1) is 0 Å². The van der Waals surface area contributed by atoms with Crippen LogP contribution in [0.5, 0.6) is 11.5 Å². The summed E-state index contributed by atoms with van der Waals surface area (Å²) in [5, 5.41) is 18.7. The molecule has 100 valence electrons. The van der Waals surface area contributed by atoms with Crippen molar-refractivity contribution in [3.63, 3.8) is 0 Å². The molecule has 0 unspecified atom stereocenters. The Morgan fingerprint density at radius 1 is 1.10 bits per heavy atom. The molecular formula is C16H9N3O2. The summed E-state index contributed by atoms with van der Waals surface area (Å²) in [5.74, 6) is 4.82. The molecule has 0 aliphatic rings. The van der Waals surface area contributed by atoms with Gasteiger partial charge < -0.3 is 9.84 Å². The Balaban J connectivity index is 1.97. The van der Waals surface area contributed by atoms with Crippen LogP contribution in [0.2, 0.25) is 0 Å². The summed E-state index contributed by atoms with van der Waals surface area (Å²) < 4.78 is 5.06. The highest BCUT2D eigenvalue weighted by Gasteiger charge is 2.09. The Hall–Kier alpha value is -3.44. The number of ether oxygens (including phenoxy) is 1. The number of fused-ring (bicyclic) bond motifs is 1. The number of phenols is 1. The Morgan fingerprint density at radius 2 is 1.81 bits per heavy atom. The van der Waals surface area contributed by atoms with Crippen molar-refractivity contribution in [3.8, 4) is 41.6 Å². The van der Waals surface area contributed by atoms with E-state index in [0.29, 0.717) is 11.4 Å². The van der Waals surface area contributed by atoms with Crippen molar-refractivity contribution in [1.82, 2.24) is 15.0 Å². The van der Waals surface area contributed by atoms with Gasteiger partial charge in [-0.05, 0) is 30.2 Å². The van der Waals surface area contributed by atoms with Gasteiger partial charge in [0, 0.05) is 12.0 Å². The quantitative estimate of drug-likeness (QED) is 0.728. The van der Waals surface area contributed by atoms with Gasteiger partial charge in [0.1, 0.15) is 34.3 Å². The average Bonchev–Trinajstić information content (AvgIpc) is 2.91. The fraction of sp³-hybridized carbons (Fsp3) is 0. The first-order chi connectivity index (χ1) is 10.3. The molecule has 0 saturated carbocycles. The number of rotatable bonds is 2. The fourth-order valence-corrected chi connectivity index (χ4v) is 1.82. The molecule has 5 heteroatoms. The molecule has 1 N–H and O–H groups in total. The summed E-state index contributed by atoms with van der Waals surface area (Å²) in [5.41, 5.74) is 1.94. The van der Waals surface area contributed by atoms with E-state index in [9.17, 15) is 5.11 Å². The largest absolute Gasteiger partial charge is 0.505 e. The standard InChI is InChI=1S/C16H9N3O2/c1-2-3-10-21-12-8-9-15(16(20)11-12)19-17-13-6-4-5-7-14(13)18-19/h1,4-9,11,20H. The zero-order valence-corrected chi connectivity index (χ0v) is 10.8. The zero-order chi connectivity index (χ0) is 14.7. The Kier molecular flexibility index (Phi) is 3.16. The van der Waals surface area contributed by atoms with E-state index in [-0.39, 0.29) is 5.75 Å². The predicted octanol–water partition coefficient (Wildman–Crippen LogP) is 2.10. The maximum Gasteiger partial charge on any atom is 0.146 e. The number of hydrogen-bond donors (Lipinski definition) is 1. The van der Waals surface area contributed by atoms with Gasteiger partial charge in [-0.15, -0.1) is 21.4 Å². The van der Waals surface area contributed by atoms with Crippen LogP contribution in [0.4, 0.5) is 0 Å². The van der Waals surface area contributed by atoms with Gasteiger partial charge in [0.15, 0.2) is 0 Å². The van der Waals surface area contributed by atoms with Gasteiger partial charge in [-0.3, -0.25) is 0 Å². The average molecular weight is 275 g/mol. The van der Waals surface area contributed by atoms with E-state index in [1.54, 1.807) is 12.1 Å². The molecule has 2 aromatic carbocycles. The van der Waals surface area contributed by atoms with Crippen molar-refractivity contribution >= 4 is 11.0 Å². The first-order valence-electron chi connectivity index (χ1n) is 6.06. The Bertz CT molecular complexity index is 877. The Morgan fingerprint density at radius 3 is 2.43 bits per heavy atom. The molecule has 0 amide bonds. The minimum Gasteiger partial charge on any atom is -0.505 e. The number of aromatic hydroxyl groups is 1. The minimum absolute atomic E-state index is 0.0182. The molecule has 0 radical (unpaired) electrons. The zero-order valence-electron chi connectivity index (χ0n) is 10.8. The molecule has 21 heavy (non-hydrogen) atoms. The number of hydrogen-bond acceptors (Lipinski definition) is 4. The summed E-state index contributed by atoms with van der Waals surface area (Å²) in [7, 11) is 0. The summed E-state index contributed by atoms with van der Waals surface area (Å²) in [6.45, 7) is 0. The highest BCUT2D eigenvalue weighted by Crippen LogP contribution is 2.26. The van der Waals surface area contributed by atoms with Crippen molar-refractivity contribution in [3.05, 3.63) is 42.5 Å². The molecule has 0 fully saturated rings. The van der Waals surface area contributed by atoms with Crippen LogP contribution >= 0.6 is 0 Å². The van der Waals surface area contributed by atoms with Crippen LogP contribution in [-0.4, -0.2) is 20.1 Å². The lowest BCUT2D eigenvalue weighted by molar-refractivity contribution is 0.458. The Labute approximate surface area is 120 Å². The second-order valence-corrected chi connectivity index (χ2v) is 4.10. The number of phenolic OH excluding ortho intramolecular Hbond substituents is 1. The van der Waals surface area contributed by atoms with E-state index >= 15 is 0 Å². The van der Waals surface area contributed by atoms with Crippen molar-refractivity contribution in [2.24, 2.45) is 0 Å². The summed E-state index contributed by atoms with van der Waals surface area (Å²) >= 11 is 0. The van der Waals surface area contributed by atoms with E-state index in [1.807, 2.05) is 24.3 Å². The van der Waals surface area contributed by atoms with Crippen LogP contribution in [-0.2, 0) is 0 Å². The monoisotopic (exact) mass is 275 g/mol. The van der Waals surface area contributed by atoms with E-state index in [0.717, 1.165) is 11.0 Å². The summed E-state index contributed by atoms with van der Waals surface area (Å²) in [6.07, 6.45) is 7.31. The van der Waals surface area contributed by atoms with Crippen LogP contribution < -0.4 is 4.74 Å². The second-order valence-electron chi connectivity index (χ2n) is 4.10. The SMILES string of the molecule is C#CC#COc1ccc(-n2nc3ccccc3n2)c(O)c1. The van der Waals surface area contributed by atoms with Crippen LogP contribution in [0, 0.1) is 24.4 Å². The van der Waals surface area contributed by atoms with Gasteiger partial charge >= 0.3 is 0 Å². The molecule has 0 bridgehead atoms. The number of nitrogens with zero attached hydrogens (tertiary/aromatic N) is 3. The van der Waals surface area contributed by atoms with E-state index < -0.39 is 0 Å². The predicted molar refractivity (Wildman–Crippen MR) is 77.8 cm³/mol. The molecular weight excluding hydrogens is 266 g/mol. The first-order valence-corrected chi connectivity index (χ1v) is 6.06. The molecule has 0 aliphatic heterocycles. The lowest BCUT2D eigenvalue weighted by Crippen LogP contribution is -1.99. The number of benzene rings is 2. The molecule has 0 aliphatic carbocycles. The lowest BCUT2D eigenvalue weighted by atomic mass is 10.3. The van der Waals surface area contributed by atoms with E-state index in [4.69, 9.17) is 11.2 Å². The maximum absolute atomic E-state index is 10.1. The van der Waals surface area contributed by atoms with Gasteiger partial charge in [0.2, 0.25) is 0 Å². The third-order valence-corrected chi connectivity index (χ3v) is 2.74.